The largest absolute Gasteiger partial charge is 0.483 e. The summed E-state index contributed by atoms with van der Waals surface area (Å²) in [5, 5.41) is 5.11. The molecule has 0 fully saturated rings. The summed E-state index contributed by atoms with van der Waals surface area (Å²) in [5.41, 5.74) is 0.574. The van der Waals surface area contributed by atoms with Gasteiger partial charge in [-0.1, -0.05) is 35.9 Å². The fraction of sp³-hybridized carbons (Fsp3) is 0.111. The Hall–Kier alpha value is -2.79. The Labute approximate surface area is 144 Å². The summed E-state index contributed by atoms with van der Waals surface area (Å²) in [5.74, 6) is 0.816. The number of pyridine rings is 1. The summed E-state index contributed by atoms with van der Waals surface area (Å²) in [7, 11) is 1.53. The van der Waals surface area contributed by atoms with Crippen molar-refractivity contribution in [2.45, 2.75) is 0 Å². The predicted octanol–water partition coefficient (Wildman–Crippen LogP) is 3.91. The molecule has 0 aliphatic heterocycles. The normalized spacial score (nSPS) is 10.4. The molecule has 2 aromatic carbocycles. The maximum atomic E-state index is 12.0. The number of nitrogens with one attached hydrogen (secondary N) is 1. The van der Waals surface area contributed by atoms with Gasteiger partial charge in [-0.3, -0.25) is 4.79 Å². The van der Waals surface area contributed by atoms with Crippen molar-refractivity contribution in [1.82, 2.24) is 4.98 Å². The first kappa shape index (κ1) is 16.1. The van der Waals surface area contributed by atoms with Crippen molar-refractivity contribution in [3.8, 4) is 11.6 Å². The van der Waals surface area contributed by atoms with Gasteiger partial charge in [0.05, 0.1) is 19.0 Å². The van der Waals surface area contributed by atoms with Crippen LogP contribution in [0.3, 0.4) is 0 Å². The molecule has 24 heavy (non-hydrogen) atoms. The van der Waals surface area contributed by atoms with E-state index in [-0.39, 0.29) is 12.5 Å². The Bertz CT molecular complexity index is 866. The second kappa shape index (κ2) is 7.19. The number of aromatic nitrogens is 1. The maximum Gasteiger partial charge on any atom is 0.262 e. The van der Waals surface area contributed by atoms with Crippen LogP contribution in [0.15, 0.2) is 54.7 Å². The van der Waals surface area contributed by atoms with E-state index in [0.717, 1.165) is 10.8 Å². The molecule has 0 bridgehead atoms. The van der Waals surface area contributed by atoms with Crippen molar-refractivity contribution < 1.29 is 14.3 Å². The van der Waals surface area contributed by atoms with Gasteiger partial charge in [0.25, 0.3) is 5.91 Å². The Morgan fingerprint density at radius 3 is 2.62 bits per heavy atom. The Balaban J connectivity index is 1.67. The van der Waals surface area contributed by atoms with Gasteiger partial charge in [-0.15, -0.1) is 0 Å². The van der Waals surface area contributed by atoms with Crippen molar-refractivity contribution in [3.63, 3.8) is 0 Å². The number of carbonyl (C=O) groups is 1. The van der Waals surface area contributed by atoms with Gasteiger partial charge < -0.3 is 14.8 Å². The van der Waals surface area contributed by atoms with Gasteiger partial charge in [0, 0.05) is 21.9 Å². The minimum absolute atomic E-state index is 0.113. The van der Waals surface area contributed by atoms with Crippen LogP contribution in [0, 0.1) is 0 Å². The summed E-state index contributed by atoms with van der Waals surface area (Å²) in [4.78, 5) is 16.0. The molecule has 0 atom stereocenters. The number of hydrogen-bond donors (Lipinski definition) is 1. The molecule has 1 amide bonds. The van der Waals surface area contributed by atoms with E-state index < -0.39 is 0 Å². The molecular weight excluding hydrogens is 328 g/mol. The van der Waals surface area contributed by atoms with Crippen LogP contribution >= 0.6 is 11.6 Å². The molecule has 6 heteroatoms. The van der Waals surface area contributed by atoms with E-state index >= 15 is 0 Å². The molecule has 1 N–H and O–H groups in total. The maximum absolute atomic E-state index is 12.0. The number of amides is 1. The molecule has 1 aromatic heterocycles. The third-order valence-corrected chi connectivity index (χ3v) is 3.75. The van der Waals surface area contributed by atoms with Crippen LogP contribution in [0.25, 0.3) is 10.8 Å². The second-order valence-electron chi connectivity index (χ2n) is 5.02. The number of carbonyl (C=O) groups excluding carboxylic acids is 1. The van der Waals surface area contributed by atoms with Gasteiger partial charge in [0.2, 0.25) is 5.88 Å². The molecule has 0 unspecified atom stereocenters. The zero-order valence-corrected chi connectivity index (χ0v) is 13.7. The Morgan fingerprint density at radius 2 is 1.92 bits per heavy atom. The van der Waals surface area contributed by atoms with Gasteiger partial charge in [0.1, 0.15) is 5.75 Å². The van der Waals surface area contributed by atoms with Crippen LogP contribution in [-0.4, -0.2) is 24.6 Å². The van der Waals surface area contributed by atoms with Crippen LogP contribution in [0.4, 0.5) is 5.69 Å². The molecule has 0 saturated heterocycles. The van der Waals surface area contributed by atoms with E-state index in [1.165, 1.54) is 13.3 Å². The summed E-state index contributed by atoms with van der Waals surface area (Å²) in [6, 6.07) is 14.5. The van der Waals surface area contributed by atoms with E-state index in [9.17, 15) is 4.79 Å². The van der Waals surface area contributed by atoms with Crippen molar-refractivity contribution in [2.24, 2.45) is 0 Å². The highest BCUT2D eigenvalue weighted by Gasteiger charge is 2.08. The number of nitrogens with zero attached hydrogens (tertiary/aromatic N) is 1. The molecular formula is C18H15ClN2O3. The van der Waals surface area contributed by atoms with E-state index in [1.54, 1.807) is 24.3 Å². The van der Waals surface area contributed by atoms with Crippen LogP contribution in [0.1, 0.15) is 0 Å². The van der Waals surface area contributed by atoms with E-state index in [2.05, 4.69) is 10.3 Å². The minimum Gasteiger partial charge on any atom is -0.483 e. The molecule has 0 aliphatic carbocycles. The summed E-state index contributed by atoms with van der Waals surface area (Å²) >= 11 is 6.17. The van der Waals surface area contributed by atoms with Gasteiger partial charge in [-0.25, -0.2) is 4.98 Å². The van der Waals surface area contributed by atoms with Crippen LogP contribution < -0.4 is 14.8 Å². The molecule has 1 heterocycles. The predicted molar refractivity (Wildman–Crippen MR) is 93.9 cm³/mol. The van der Waals surface area contributed by atoms with E-state index in [1.807, 2.05) is 24.3 Å². The zero-order valence-electron chi connectivity index (χ0n) is 13.0. The van der Waals surface area contributed by atoms with E-state index in [0.29, 0.717) is 22.3 Å². The summed E-state index contributed by atoms with van der Waals surface area (Å²) < 4.78 is 10.6. The highest BCUT2D eigenvalue weighted by molar-refractivity contribution is 6.35. The molecule has 3 rings (SSSR count). The third-order valence-electron chi connectivity index (χ3n) is 3.42. The molecule has 122 valence electrons. The van der Waals surface area contributed by atoms with Crippen LogP contribution in [0.5, 0.6) is 11.6 Å². The lowest BCUT2D eigenvalue weighted by Crippen LogP contribution is -2.20. The molecule has 3 aromatic rings. The van der Waals surface area contributed by atoms with Crippen molar-refractivity contribution in [1.29, 1.82) is 0 Å². The topological polar surface area (TPSA) is 60.5 Å². The van der Waals surface area contributed by atoms with Crippen molar-refractivity contribution in [3.05, 3.63) is 59.8 Å². The number of methoxy groups -OCH3 is 1. The van der Waals surface area contributed by atoms with Crippen molar-refractivity contribution >= 4 is 34.0 Å². The van der Waals surface area contributed by atoms with Crippen LogP contribution in [-0.2, 0) is 4.79 Å². The number of fused-ring (bicyclic) bond motifs is 1. The summed E-state index contributed by atoms with van der Waals surface area (Å²) in [6.07, 6.45) is 1.52. The van der Waals surface area contributed by atoms with Gasteiger partial charge in [-0.2, -0.15) is 0 Å². The number of halogens is 1. The number of hydrogen-bond acceptors (Lipinski definition) is 4. The fourth-order valence-electron chi connectivity index (χ4n) is 2.28. The first-order valence-electron chi connectivity index (χ1n) is 7.27. The first-order chi connectivity index (χ1) is 11.7. The molecule has 0 spiro atoms. The number of benzene rings is 2. The monoisotopic (exact) mass is 342 g/mol. The van der Waals surface area contributed by atoms with Gasteiger partial charge in [0.15, 0.2) is 6.61 Å². The number of anilines is 1. The minimum atomic E-state index is -0.277. The molecule has 0 aliphatic rings. The quantitative estimate of drug-likeness (QED) is 0.763. The average Bonchev–Trinajstić information content (AvgIpc) is 2.62. The van der Waals surface area contributed by atoms with Gasteiger partial charge >= 0.3 is 0 Å². The molecule has 0 radical (unpaired) electrons. The fourth-order valence-corrected chi connectivity index (χ4v) is 2.50. The molecule has 0 saturated carbocycles. The number of rotatable bonds is 5. The van der Waals surface area contributed by atoms with Gasteiger partial charge in [-0.05, 0) is 18.2 Å². The lowest BCUT2D eigenvalue weighted by atomic mass is 10.1. The highest BCUT2D eigenvalue weighted by atomic mass is 35.5. The summed E-state index contributed by atoms with van der Waals surface area (Å²) in [6.45, 7) is -0.113. The third kappa shape index (κ3) is 3.58. The lowest BCUT2D eigenvalue weighted by Gasteiger charge is -2.10. The lowest BCUT2D eigenvalue weighted by molar-refractivity contribution is -0.118. The SMILES string of the molecule is COc1ccc(NC(=O)COc2ccc(Cl)c3ccccc23)cn1. The van der Waals surface area contributed by atoms with Crippen molar-refractivity contribution in [2.75, 3.05) is 19.0 Å². The highest BCUT2D eigenvalue weighted by Crippen LogP contribution is 2.31. The van der Waals surface area contributed by atoms with E-state index in [4.69, 9.17) is 21.1 Å². The Kier molecular flexibility index (Phi) is 4.82. The standard InChI is InChI=1S/C18H15ClN2O3/c1-23-18-9-6-12(10-20-18)21-17(22)11-24-16-8-7-15(19)13-4-2-3-5-14(13)16/h2-10H,11H2,1H3,(H,21,22). The second-order valence-corrected chi connectivity index (χ2v) is 5.42. The first-order valence-corrected chi connectivity index (χ1v) is 7.65. The smallest absolute Gasteiger partial charge is 0.262 e. The zero-order chi connectivity index (χ0) is 16.9. The average molecular weight is 343 g/mol. The van der Waals surface area contributed by atoms with Crippen LogP contribution in [0.2, 0.25) is 5.02 Å². The molecule has 5 nitrogen and oxygen atoms in total. The number of ether oxygens (including phenoxy) is 2. The Morgan fingerprint density at radius 1 is 1.12 bits per heavy atom.